The van der Waals surface area contributed by atoms with Crippen molar-refractivity contribution in [3.8, 4) is 0 Å². The number of nitrogens with zero attached hydrogens (tertiary/aromatic N) is 1. The molecule has 1 saturated heterocycles. The van der Waals surface area contributed by atoms with Gasteiger partial charge in [0.2, 0.25) is 0 Å². The van der Waals surface area contributed by atoms with Gasteiger partial charge in [-0.3, -0.25) is 0 Å². The highest BCUT2D eigenvalue weighted by Crippen LogP contribution is 2.46. The standard InChI is InChI=1S/C13H15N/c1-2-10-3-5-13(6-4-10)14-8-11-7-12(11)9-14/h2-6,11-12H,1,7-9H2/t11-,12+. The van der Waals surface area contributed by atoms with Crippen LogP contribution in [0.4, 0.5) is 5.69 Å². The van der Waals surface area contributed by atoms with Crippen LogP contribution in [0, 0.1) is 11.8 Å². The van der Waals surface area contributed by atoms with Crippen LogP contribution >= 0.6 is 0 Å². The maximum absolute atomic E-state index is 3.76. The summed E-state index contributed by atoms with van der Waals surface area (Å²) in [4.78, 5) is 2.51. The van der Waals surface area contributed by atoms with Crippen molar-refractivity contribution < 1.29 is 0 Å². The molecular weight excluding hydrogens is 170 g/mol. The summed E-state index contributed by atoms with van der Waals surface area (Å²) in [5.41, 5.74) is 2.58. The number of anilines is 1. The van der Waals surface area contributed by atoms with Gasteiger partial charge < -0.3 is 4.90 Å². The zero-order valence-corrected chi connectivity index (χ0v) is 8.32. The van der Waals surface area contributed by atoms with E-state index >= 15 is 0 Å². The lowest BCUT2D eigenvalue weighted by Gasteiger charge is -2.20. The molecule has 1 nitrogen and oxygen atoms in total. The van der Waals surface area contributed by atoms with Crippen LogP contribution in [0.3, 0.4) is 0 Å². The Morgan fingerprint density at radius 2 is 1.79 bits per heavy atom. The molecule has 0 N–H and O–H groups in total. The Balaban J connectivity index is 1.79. The third kappa shape index (κ3) is 1.24. The van der Waals surface area contributed by atoms with Crippen molar-refractivity contribution in [1.29, 1.82) is 0 Å². The molecule has 14 heavy (non-hydrogen) atoms. The molecule has 72 valence electrons. The van der Waals surface area contributed by atoms with Crippen LogP contribution in [0.5, 0.6) is 0 Å². The van der Waals surface area contributed by atoms with Crippen LogP contribution in [0.1, 0.15) is 12.0 Å². The maximum Gasteiger partial charge on any atom is 0.0366 e. The predicted octanol–water partition coefficient (Wildman–Crippen LogP) is 2.79. The summed E-state index contributed by atoms with van der Waals surface area (Å²) < 4.78 is 0. The molecule has 0 spiro atoms. The minimum atomic E-state index is 1.01. The van der Waals surface area contributed by atoms with Gasteiger partial charge in [-0.05, 0) is 36.0 Å². The molecule has 1 heteroatoms. The summed E-state index contributed by atoms with van der Waals surface area (Å²) in [5, 5.41) is 0. The number of rotatable bonds is 2. The molecule has 1 aliphatic carbocycles. The molecule has 2 fully saturated rings. The summed E-state index contributed by atoms with van der Waals surface area (Å²) in [5.74, 6) is 2.02. The summed E-state index contributed by atoms with van der Waals surface area (Å²) in [7, 11) is 0. The molecular formula is C13H15N. The van der Waals surface area contributed by atoms with E-state index < -0.39 is 0 Å². The van der Waals surface area contributed by atoms with E-state index in [0.717, 1.165) is 11.8 Å². The van der Waals surface area contributed by atoms with Gasteiger partial charge in [-0.15, -0.1) is 0 Å². The van der Waals surface area contributed by atoms with Crippen molar-refractivity contribution in [3.05, 3.63) is 36.4 Å². The third-order valence-corrected chi connectivity index (χ3v) is 3.47. The fourth-order valence-corrected chi connectivity index (χ4v) is 2.43. The first-order chi connectivity index (χ1) is 6.86. The molecule has 0 amide bonds. The first-order valence-electron chi connectivity index (χ1n) is 5.34. The Kier molecular flexibility index (Phi) is 1.66. The molecule has 0 bridgehead atoms. The Morgan fingerprint density at radius 1 is 1.14 bits per heavy atom. The van der Waals surface area contributed by atoms with Crippen LogP contribution in [-0.4, -0.2) is 13.1 Å². The summed E-state index contributed by atoms with van der Waals surface area (Å²) in [6.07, 6.45) is 3.37. The van der Waals surface area contributed by atoms with Crippen molar-refractivity contribution in [3.63, 3.8) is 0 Å². The predicted molar refractivity (Wildman–Crippen MR) is 60.3 cm³/mol. The SMILES string of the molecule is C=Cc1ccc(N2C[C@H]3C[C@H]3C2)cc1. The number of hydrogen-bond donors (Lipinski definition) is 0. The molecule has 2 aliphatic rings. The summed E-state index contributed by atoms with van der Waals surface area (Å²) in [6, 6.07) is 8.71. The van der Waals surface area contributed by atoms with Gasteiger partial charge in [0.15, 0.2) is 0 Å². The second-order valence-corrected chi connectivity index (χ2v) is 4.46. The number of fused-ring (bicyclic) bond motifs is 1. The average Bonchev–Trinajstić information content (AvgIpc) is 2.86. The van der Waals surface area contributed by atoms with Crippen LogP contribution in [0.15, 0.2) is 30.8 Å². The Morgan fingerprint density at radius 3 is 2.36 bits per heavy atom. The smallest absolute Gasteiger partial charge is 0.0366 e. The molecule has 1 aliphatic heterocycles. The quantitative estimate of drug-likeness (QED) is 0.684. The number of hydrogen-bond acceptors (Lipinski definition) is 1. The summed E-state index contributed by atoms with van der Waals surface area (Å²) in [6.45, 7) is 6.32. The van der Waals surface area contributed by atoms with Gasteiger partial charge in [0.05, 0.1) is 0 Å². The van der Waals surface area contributed by atoms with E-state index in [1.54, 1.807) is 0 Å². The lowest BCUT2D eigenvalue weighted by molar-refractivity contribution is 0.820. The van der Waals surface area contributed by atoms with Gasteiger partial charge in [0.1, 0.15) is 0 Å². The lowest BCUT2D eigenvalue weighted by atomic mass is 10.2. The Bertz CT molecular complexity index is 342. The third-order valence-electron chi connectivity index (χ3n) is 3.47. The van der Waals surface area contributed by atoms with Crippen molar-refractivity contribution in [2.24, 2.45) is 11.8 Å². The zero-order chi connectivity index (χ0) is 9.54. The van der Waals surface area contributed by atoms with E-state index in [1.807, 2.05) is 6.08 Å². The Hall–Kier alpha value is -1.24. The first-order valence-corrected chi connectivity index (χ1v) is 5.34. The highest BCUT2D eigenvalue weighted by molar-refractivity contribution is 5.55. The molecule has 1 aromatic rings. The van der Waals surface area contributed by atoms with Crippen LogP contribution in [-0.2, 0) is 0 Å². The average molecular weight is 185 g/mol. The maximum atomic E-state index is 3.76. The highest BCUT2D eigenvalue weighted by atomic mass is 15.2. The largest absolute Gasteiger partial charge is 0.371 e. The summed E-state index contributed by atoms with van der Waals surface area (Å²) >= 11 is 0. The second-order valence-electron chi connectivity index (χ2n) is 4.46. The van der Waals surface area contributed by atoms with Gasteiger partial charge in [-0.1, -0.05) is 24.8 Å². The van der Waals surface area contributed by atoms with Gasteiger partial charge >= 0.3 is 0 Å². The molecule has 0 unspecified atom stereocenters. The molecule has 1 saturated carbocycles. The van der Waals surface area contributed by atoms with Gasteiger partial charge in [0, 0.05) is 18.8 Å². The minimum absolute atomic E-state index is 1.01. The number of piperidine rings is 1. The van der Waals surface area contributed by atoms with Crippen LogP contribution < -0.4 is 4.90 Å². The molecule has 3 rings (SSSR count). The van der Waals surface area contributed by atoms with E-state index in [-0.39, 0.29) is 0 Å². The van der Waals surface area contributed by atoms with Crippen molar-refractivity contribution in [1.82, 2.24) is 0 Å². The van der Waals surface area contributed by atoms with Gasteiger partial charge in [0.25, 0.3) is 0 Å². The van der Waals surface area contributed by atoms with E-state index in [0.29, 0.717) is 0 Å². The van der Waals surface area contributed by atoms with E-state index in [2.05, 4.69) is 35.7 Å². The van der Waals surface area contributed by atoms with Crippen LogP contribution in [0.25, 0.3) is 6.08 Å². The zero-order valence-electron chi connectivity index (χ0n) is 8.32. The van der Waals surface area contributed by atoms with Gasteiger partial charge in [-0.25, -0.2) is 0 Å². The molecule has 0 radical (unpaired) electrons. The van der Waals surface area contributed by atoms with E-state index in [4.69, 9.17) is 0 Å². The molecule has 0 aromatic heterocycles. The normalized spacial score (nSPS) is 28.7. The number of benzene rings is 1. The highest BCUT2D eigenvalue weighted by Gasteiger charge is 2.44. The second kappa shape index (κ2) is 2.88. The van der Waals surface area contributed by atoms with E-state index in [9.17, 15) is 0 Å². The minimum Gasteiger partial charge on any atom is -0.371 e. The fourth-order valence-electron chi connectivity index (χ4n) is 2.43. The first kappa shape index (κ1) is 8.10. The van der Waals surface area contributed by atoms with Gasteiger partial charge in [-0.2, -0.15) is 0 Å². The Labute approximate surface area is 85.0 Å². The monoisotopic (exact) mass is 185 g/mol. The van der Waals surface area contributed by atoms with Crippen molar-refractivity contribution in [2.75, 3.05) is 18.0 Å². The van der Waals surface area contributed by atoms with Crippen molar-refractivity contribution in [2.45, 2.75) is 6.42 Å². The molecule has 1 heterocycles. The fraction of sp³-hybridized carbons (Fsp3) is 0.385. The lowest BCUT2D eigenvalue weighted by Crippen LogP contribution is -2.21. The van der Waals surface area contributed by atoms with Crippen LogP contribution in [0.2, 0.25) is 0 Å². The molecule has 2 atom stereocenters. The molecule has 1 aromatic carbocycles. The van der Waals surface area contributed by atoms with E-state index in [1.165, 1.54) is 30.8 Å². The van der Waals surface area contributed by atoms with Crippen molar-refractivity contribution >= 4 is 11.8 Å². The topological polar surface area (TPSA) is 3.24 Å².